The Hall–Kier alpha value is -1.65. The molecule has 1 heterocycles. The summed E-state index contributed by atoms with van der Waals surface area (Å²) >= 11 is 0. The first-order valence-corrected chi connectivity index (χ1v) is 7.45. The van der Waals surface area contributed by atoms with Crippen molar-refractivity contribution in [3.05, 3.63) is 18.1 Å². The molecule has 5 heteroatoms. The standard InChI is InChI=1S/C15H24N4O/c1-4-16-14-10-17-13(9-18-14)15(20)19(3)12-7-5-6-11(2)8-12/h9-12H,4-8H2,1-3H3,(H,16,18). The van der Waals surface area contributed by atoms with Gasteiger partial charge in [-0.3, -0.25) is 4.79 Å². The van der Waals surface area contributed by atoms with Crippen LogP contribution < -0.4 is 5.32 Å². The second-order valence-corrected chi connectivity index (χ2v) is 5.66. The Bertz CT molecular complexity index is 446. The van der Waals surface area contributed by atoms with Gasteiger partial charge in [-0.1, -0.05) is 19.8 Å². The van der Waals surface area contributed by atoms with Crippen LogP contribution in [-0.4, -0.2) is 40.4 Å². The Kier molecular flexibility index (Phi) is 4.93. The topological polar surface area (TPSA) is 58.1 Å². The quantitative estimate of drug-likeness (QED) is 0.918. The van der Waals surface area contributed by atoms with Crippen molar-refractivity contribution in [1.29, 1.82) is 0 Å². The first-order chi connectivity index (χ1) is 9.61. The number of carbonyl (C=O) groups excluding carboxylic acids is 1. The molecule has 110 valence electrons. The Morgan fingerprint density at radius 1 is 1.40 bits per heavy atom. The van der Waals surface area contributed by atoms with Gasteiger partial charge in [0.1, 0.15) is 11.5 Å². The third-order valence-corrected chi connectivity index (χ3v) is 4.01. The molecule has 0 radical (unpaired) electrons. The maximum Gasteiger partial charge on any atom is 0.274 e. The van der Waals surface area contributed by atoms with E-state index < -0.39 is 0 Å². The van der Waals surface area contributed by atoms with Gasteiger partial charge in [0.15, 0.2) is 0 Å². The summed E-state index contributed by atoms with van der Waals surface area (Å²) in [7, 11) is 1.88. The second kappa shape index (κ2) is 6.68. The molecule has 1 aromatic heterocycles. The molecule has 0 saturated heterocycles. The van der Waals surface area contributed by atoms with Crippen LogP contribution in [0.4, 0.5) is 5.82 Å². The van der Waals surface area contributed by atoms with Crippen molar-refractivity contribution < 1.29 is 4.79 Å². The first-order valence-electron chi connectivity index (χ1n) is 7.45. The molecule has 0 aromatic carbocycles. The van der Waals surface area contributed by atoms with Gasteiger partial charge in [-0.2, -0.15) is 0 Å². The lowest BCUT2D eigenvalue weighted by atomic mass is 9.86. The van der Waals surface area contributed by atoms with Crippen LogP contribution in [-0.2, 0) is 0 Å². The highest BCUT2D eigenvalue weighted by Crippen LogP contribution is 2.27. The van der Waals surface area contributed by atoms with E-state index in [4.69, 9.17) is 0 Å². The van der Waals surface area contributed by atoms with Crippen LogP contribution in [0.25, 0.3) is 0 Å². The molecule has 1 fully saturated rings. The van der Waals surface area contributed by atoms with E-state index in [9.17, 15) is 4.79 Å². The number of anilines is 1. The van der Waals surface area contributed by atoms with Gasteiger partial charge in [-0.15, -0.1) is 0 Å². The van der Waals surface area contributed by atoms with Gasteiger partial charge in [0.2, 0.25) is 0 Å². The molecule has 0 aliphatic heterocycles. The van der Waals surface area contributed by atoms with Crippen LogP contribution in [0.5, 0.6) is 0 Å². The molecular formula is C15H24N4O. The van der Waals surface area contributed by atoms with Gasteiger partial charge < -0.3 is 10.2 Å². The summed E-state index contributed by atoms with van der Waals surface area (Å²) in [6.07, 6.45) is 7.84. The molecular weight excluding hydrogens is 252 g/mol. The summed E-state index contributed by atoms with van der Waals surface area (Å²) in [6.45, 7) is 5.05. The molecule has 1 aliphatic rings. The van der Waals surface area contributed by atoms with Crippen molar-refractivity contribution in [3.63, 3.8) is 0 Å². The highest BCUT2D eigenvalue weighted by Gasteiger charge is 2.26. The summed E-state index contributed by atoms with van der Waals surface area (Å²) in [5.41, 5.74) is 0.423. The van der Waals surface area contributed by atoms with Crippen molar-refractivity contribution in [2.75, 3.05) is 18.9 Å². The minimum Gasteiger partial charge on any atom is -0.369 e. The fourth-order valence-corrected chi connectivity index (χ4v) is 2.81. The van der Waals surface area contributed by atoms with E-state index in [0.717, 1.165) is 19.4 Å². The van der Waals surface area contributed by atoms with Crippen molar-refractivity contribution in [3.8, 4) is 0 Å². The summed E-state index contributed by atoms with van der Waals surface area (Å²) in [6, 6.07) is 0.335. The second-order valence-electron chi connectivity index (χ2n) is 5.66. The van der Waals surface area contributed by atoms with Crippen molar-refractivity contribution in [2.45, 2.75) is 45.6 Å². The summed E-state index contributed by atoms with van der Waals surface area (Å²) in [4.78, 5) is 22.7. The number of hydrogen-bond acceptors (Lipinski definition) is 4. The Balaban J connectivity index is 2.02. The molecule has 0 bridgehead atoms. The number of rotatable bonds is 4. The zero-order valence-corrected chi connectivity index (χ0v) is 12.6. The Labute approximate surface area is 120 Å². The molecule has 2 unspecified atom stereocenters. The van der Waals surface area contributed by atoms with Crippen LogP contribution in [0.3, 0.4) is 0 Å². The number of carbonyl (C=O) groups is 1. The van der Waals surface area contributed by atoms with Crippen LogP contribution in [0.15, 0.2) is 12.4 Å². The lowest BCUT2D eigenvalue weighted by molar-refractivity contribution is 0.0666. The lowest BCUT2D eigenvalue weighted by Crippen LogP contribution is -2.40. The third kappa shape index (κ3) is 3.46. The molecule has 1 aromatic rings. The molecule has 2 atom stereocenters. The van der Waals surface area contributed by atoms with E-state index in [1.165, 1.54) is 12.8 Å². The maximum absolute atomic E-state index is 12.4. The normalized spacial score (nSPS) is 22.4. The SMILES string of the molecule is CCNc1cnc(C(=O)N(C)C2CCCC(C)C2)cn1. The maximum atomic E-state index is 12.4. The van der Waals surface area contributed by atoms with E-state index in [2.05, 4.69) is 22.2 Å². The summed E-state index contributed by atoms with van der Waals surface area (Å²) in [5, 5.41) is 3.07. The highest BCUT2D eigenvalue weighted by molar-refractivity contribution is 5.92. The van der Waals surface area contributed by atoms with E-state index in [1.807, 2.05) is 18.9 Å². The van der Waals surface area contributed by atoms with Crippen molar-refractivity contribution in [1.82, 2.24) is 14.9 Å². The van der Waals surface area contributed by atoms with Crippen LogP contribution in [0.2, 0.25) is 0 Å². The smallest absolute Gasteiger partial charge is 0.274 e. The number of aromatic nitrogens is 2. The van der Waals surface area contributed by atoms with Crippen LogP contribution >= 0.6 is 0 Å². The Morgan fingerprint density at radius 2 is 2.20 bits per heavy atom. The van der Waals surface area contributed by atoms with Gasteiger partial charge in [-0.05, 0) is 25.7 Å². The molecule has 1 aliphatic carbocycles. The van der Waals surface area contributed by atoms with Crippen LogP contribution in [0, 0.1) is 5.92 Å². The molecule has 0 spiro atoms. The minimum atomic E-state index is -0.0281. The summed E-state index contributed by atoms with van der Waals surface area (Å²) < 4.78 is 0. The monoisotopic (exact) mass is 276 g/mol. The number of nitrogens with one attached hydrogen (secondary N) is 1. The van der Waals surface area contributed by atoms with Gasteiger partial charge in [0.05, 0.1) is 12.4 Å². The first kappa shape index (κ1) is 14.8. The fourth-order valence-electron chi connectivity index (χ4n) is 2.81. The molecule has 1 N–H and O–H groups in total. The molecule has 1 amide bonds. The minimum absolute atomic E-state index is 0.0281. The van der Waals surface area contributed by atoms with Gasteiger partial charge in [0, 0.05) is 19.6 Å². The zero-order chi connectivity index (χ0) is 14.5. The lowest BCUT2D eigenvalue weighted by Gasteiger charge is -2.33. The number of amides is 1. The van der Waals surface area contributed by atoms with Crippen LogP contribution in [0.1, 0.15) is 50.0 Å². The molecule has 5 nitrogen and oxygen atoms in total. The van der Waals surface area contributed by atoms with E-state index in [1.54, 1.807) is 12.4 Å². The number of hydrogen-bond donors (Lipinski definition) is 1. The zero-order valence-electron chi connectivity index (χ0n) is 12.6. The number of nitrogens with zero attached hydrogens (tertiary/aromatic N) is 3. The fraction of sp³-hybridized carbons (Fsp3) is 0.667. The van der Waals surface area contributed by atoms with Crippen molar-refractivity contribution >= 4 is 11.7 Å². The predicted octanol–water partition coefficient (Wildman–Crippen LogP) is 2.56. The average molecular weight is 276 g/mol. The largest absolute Gasteiger partial charge is 0.369 e. The van der Waals surface area contributed by atoms with E-state index in [-0.39, 0.29) is 5.91 Å². The van der Waals surface area contributed by atoms with E-state index in [0.29, 0.717) is 23.5 Å². The average Bonchev–Trinajstić information content (AvgIpc) is 2.47. The van der Waals surface area contributed by atoms with Gasteiger partial charge in [-0.25, -0.2) is 9.97 Å². The van der Waals surface area contributed by atoms with Gasteiger partial charge >= 0.3 is 0 Å². The highest BCUT2D eigenvalue weighted by atomic mass is 16.2. The predicted molar refractivity (Wildman–Crippen MR) is 79.7 cm³/mol. The molecule has 20 heavy (non-hydrogen) atoms. The van der Waals surface area contributed by atoms with Gasteiger partial charge in [0.25, 0.3) is 5.91 Å². The van der Waals surface area contributed by atoms with Crippen molar-refractivity contribution in [2.24, 2.45) is 5.92 Å². The molecule has 1 saturated carbocycles. The molecule has 2 rings (SSSR count). The third-order valence-electron chi connectivity index (χ3n) is 4.01. The summed E-state index contributed by atoms with van der Waals surface area (Å²) in [5.74, 6) is 1.38. The van der Waals surface area contributed by atoms with E-state index >= 15 is 0 Å². The Morgan fingerprint density at radius 3 is 2.80 bits per heavy atom.